The lowest BCUT2D eigenvalue weighted by Gasteiger charge is -2.35. The molecule has 1 saturated heterocycles. The van der Waals surface area contributed by atoms with E-state index >= 15 is 0 Å². The van der Waals surface area contributed by atoms with Crippen LogP contribution in [0, 0.1) is 0 Å². The van der Waals surface area contributed by atoms with Crippen LogP contribution in [0.2, 0.25) is 0 Å². The van der Waals surface area contributed by atoms with E-state index in [-0.39, 0.29) is 5.25 Å². The third-order valence-electron chi connectivity index (χ3n) is 4.91. The average Bonchev–Trinajstić information content (AvgIpc) is 2.68. The molecule has 2 atom stereocenters. The molecule has 0 bridgehead atoms. The molecule has 1 aliphatic heterocycles. The van der Waals surface area contributed by atoms with Crippen molar-refractivity contribution in [2.45, 2.75) is 30.0 Å². The molecule has 0 aliphatic carbocycles. The highest BCUT2D eigenvalue weighted by atomic mass is 32.2. The summed E-state index contributed by atoms with van der Waals surface area (Å²) in [6.07, 6.45) is 0.986. The molecule has 2 aromatic carbocycles. The maximum Gasteiger partial charge on any atom is 0.152 e. The van der Waals surface area contributed by atoms with Gasteiger partial charge in [0.05, 0.1) is 0 Å². The van der Waals surface area contributed by atoms with Crippen molar-refractivity contribution in [3.05, 3.63) is 66.2 Å². The fraction of sp³-hybridized carbons (Fsp3) is 0.429. The van der Waals surface area contributed by atoms with E-state index in [0.717, 1.165) is 50.6 Å². The van der Waals surface area contributed by atoms with Crippen LogP contribution >= 0.6 is 0 Å². The van der Waals surface area contributed by atoms with Crippen LogP contribution in [0.15, 0.2) is 65.6 Å². The van der Waals surface area contributed by atoms with Gasteiger partial charge in [0.15, 0.2) is 4.90 Å². The molecule has 1 aliphatic rings. The Balaban J connectivity index is 1.39. The minimum Gasteiger partial charge on any atom is -0.611 e. The maximum absolute atomic E-state index is 12.6. The Kier molecular flexibility index (Phi) is 6.93. The SMILES string of the molecule is CC(CCN1CCN(Cc2ccccc2)CC1)[S+]([O-])c1ccccc1. The topological polar surface area (TPSA) is 29.5 Å². The smallest absolute Gasteiger partial charge is 0.152 e. The number of hydrogen-bond donors (Lipinski definition) is 0. The second-order valence-corrected chi connectivity index (χ2v) is 8.68. The van der Waals surface area contributed by atoms with Crippen LogP contribution in [0.5, 0.6) is 0 Å². The van der Waals surface area contributed by atoms with E-state index < -0.39 is 11.2 Å². The molecule has 4 heteroatoms. The van der Waals surface area contributed by atoms with E-state index in [0.29, 0.717) is 0 Å². The quantitative estimate of drug-likeness (QED) is 0.712. The fourth-order valence-electron chi connectivity index (χ4n) is 3.27. The summed E-state index contributed by atoms with van der Waals surface area (Å²) in [6.45, 7) is 8.64. The first-order valence-corrected chi connectivity index (χ1v) is 10.4. The van der Waals surface area contributed by atoms with Gasteiger partial charge in [-0.15, -0.1) is 0 Å². The maximum atomic E-state index is 12.6. The molecule has 3 nitrogen and oxygen atoms in total. The average molecular weight is 357 g/mol. The summed E-state index contributed by atoms with van der Waals surface area (Å²) in [5, 5.41) is 0.199. The van der Waals surface area contributed by atoms with Crippen molar-refractivity contribution >= 4 is 11.2 Å². The highest BCUT2D eigenvalue weighted by Crippen LogP contribution is 2.18. The van der Waals surface area contributed by atoms with Crippen molar-refractivity contribution in [3.63, 3.8) is 0 Å². The van der Waals surface area contributed by atoms with Gasteiger partial charge >= 0.3 is 0 Å². The first-order valence-electron chi connectivity index (χ1n) is 9.16. The molecule has 0 amide bonds. The van der Waals surface area contributed by atoms with Crippen molar-refractivity contribution in [3.8, 4) is 0 Å². The second kappa shape index (κ2) is 9.39. The highest BCUT2D eigenvalue weighted by Gasteiger charge is 2.22. The first kappa shape index (κ1) is 18.5. The summed E-state index contributed by atoms with van der Waals surface area (Å²) in [4.78, 5) is 5.99. The summed E-state index contributed by atoms with van der Waals surface area (Å²) in [7, 11) is 0. The Hall–Kier alpha value is -1.33. The molecule has 134 valence electrons. The molecule has 2 aromatic rings. The molecule has 1 heterocycles. The Morgan fingerprint density at radius 2 is 1.44 bits per heavy atom. The molecule has 1 fully saturated rings. The van der Waals surface area contributed by atoms with E-state index in [9.17, 15) is 4.55 Å². The minimum atomic E-state index is -0.903. The van der Waals surface area contributed by atoms with E-state index in [1.165, 1.54) is 5.56 Å². The molecule has 3 rings (SSSR count). The molecule has 0 saturated carbocycles. The molecule has 0 N–H and O–H groups in total. The minimum absolute atomic E-state index is 0.199. The fourth-order valence-corrected chi connectivity index (χ4v) is 4.48. The van der Waals surface area contributed by atoms with E-state index in [2.05, 4.69) is 47.1 Å². The largest absolute Gasteiger partial charge is 0.611 e. The van der Waals surface area contributed by atoms with Gasteiger partial charge < -0.3 is 9.45 Å². The van der Waals surface area contributed by atoms with Gasteiger partial charge in [0.2, 0.25) is 0 Å². The third-order valence-corrected chi connectivity index (χ3v) is 6.61. The van der Waals surface area contributed by atoms with Crippen molar-refractivity contribution < 1.29 is 4.55 Å². The molecule has 0 spiro atoms. The Morgan fingerprint density at radius 3 is 2.08 bits per heavy atom. The molecule has 0 radical (unpaired) electrons. The predicted molar refractivity (Wildman–Crippen MR) is 105 cm³/mol. The lowest BCUT2D eigenvalue weighted by molar-refractivity contribution is 0.126. The lowest BCUT2D eigenvalue weighted by Crippen LogP contribution is -2.46. The van der Waals surface area contributed by atoms with Gasteiger partial charge in [-0.2, -0.15) is 0 Å². The third kappa shape index (κ3) is 5.58. The predicted octanol–water partition coefficient (Wildman–Crippen LogP) is 3.39. The molecule has 0 aromatic heterocycles. The molecular weight excluding hydrogens is 328 g/mol. The number of rotatable bonds is 7. The zero-order chi connectivity index (χ0) is 17.5. The lowest BCUT2D eigenvalue weighted by atomic mass is 10.2. The van der Waals surface area contributed by atoms with Gasteiger partial charge in [-0.05, 0) is 35.8 Å². The highest BCUT2D eigenvalue weighted by molar-refractivity contribution is 7.92. The Morgan fingerprint density at radius 1 is 0.880 bits per heavy atom. The van der Waals surface area contributed by atoms with Gasteiger partial charge in [-0.3, -0.25) is 4.90 Å². The van der Waals surface area contributed by atoms with Crippen LogP contribution in [0.1, 0.15) is 18.9 Å². The molecule has 25 heavy (non-hydrogen) atoms. The molecule has 2 unspecified atom stereocenters. The first-order chi connectivity index (χ1) is 12.2. The normalized spacial score (nSPS) is 18.8. The Labute approximate surface area is 154 Å². The zero-order valence-corrected chi connectivity index (χ0v) is 15.8. The number of hydrogen-bond acceptors (Lipinski definition) is 3. The van der Waals surface area contributed by atoms with Crippen molar-refractivity contribution in [1.82, 2.24) is 9.80 Å². The standard InChI is InChI=1S/C21H28N2OS/c1-19(25(24)21-10-6-3-7-11-21)12-13-22-14-16-23(17-15-22)18-20-8-4-2-5-9-20/h2-11,19H,12-18H2,1H3. The van der Waals surface area contributed by atoms with Crippen LogP contribution < -0.4 is 0 Å². The van der Waals surface area contributed by atoms with Crippen LogP contribution in [0.25, 0.3) is 0 Å². The monoisotopic (exact) mass is 356 g/mol. The van der Waals surface area contributed by atoms with Crippen LogP contribution in [-0.4, -0.2) is 52.3 Å². The number of benzene rings is 2. The van der Waals surface area contributed by atoms with E-state index in [1.807, 2.05) is 30.3 Å². The van der Waals surface area contributed by atoms with Crippen molar-refractivity contribution in [1.29, 1.82) is 0 Å². The zero-order valence-electron chi connectivity index (χ0n) is 15.0. The summed E-state index contributed by atoms with van der Waals surface area (Å²) < 4.78 is 12.6. The van der Waals surface area contributed by atoms with Gasteiger partial charge in [0, 0.05) is 45.7 Å². The van der Waals surface area contributed by atoms with Gasteiger partial charge in [0.25, 0.3) is 0 Å². The van der Waals surface area contributed by atoms with Crippen LogP contribution in [0.3, 0.4) is 0 Å². The summed E-state index contributed by atoms with van der Waals surface area (Å²) in [5.74, 6) is 0. The summed E-state index contributed by atoms with van der Waals surface area (Å²) in [5.41, 5.74) is 1.39. The summed E-state index contributed by atoms with van der Waals surface area (Å²) in [6, 6.07) is 20.5. The van der Waals surface area contributed by atoms with Gasteiger partial charge in [-0.1, -0.05) is 48.5 Å². The van der Waals surface area contributed by atoms with E-state index in [1.54, 1.807) is 0 Å². The summed E-state index contributed by atoms with van der Waals surface area (Å²) >= 11 is -0.903. The number of nitrogens with zero attached hydrogens (tertiary/aromatic N) is 2. The van der Waals surface area contributed by atoms with Gasteiger partial charge in [-0.25, -0.2) is 0 Å². The van der Waals surface area contributed by atoms with Crippen LogP contribution in [-0.2, 0) is 17.7 Å². The van der Waals surface area contributed by atoms with Gasteiger partial charge in [0.1, 0.15) is 5.25 Å². The second-order valence-electron chi connectivity index (χ2n) is 6.81. The van der Waals surface area contributed by atoms with Crippen LogP contribution in [0.4, 0.5) is 0 Å². The van der Waals surface area contributed by atoms with Crippen molar-refractivity contribution in [2.75, 3.05) is 32.7 Å². The van der Waals surface area contributed by atoms with Crippen molar-refractivity contribution in [2.24, 2.45) is 0 Å². The van der Waals surface area contributed by atoms with E-state index in [4.69, 9.17) is 0 Å². The number of piperazine rings is 1. The Bertz CT molecular complexity index is 614. The molecular formula is C21H28N2OS.